The third-order valence-electron chi connectivity index (χ3n) is 1.78. The predicted octanol–water partition coefficient (Wildman–Crippen LogP) is 3.47. The van der Waals surface area contributed by atoms with Gasteiger partial charge in [-0.2, -0.15) is 0 Å². The molecule has 0 aliphatic carbocycles. The Morgan fingerprint density at radius 3 is 2.94 bits per heavy atom. The molecule has 3 nitrogen and oxygen atoms in total. The third kappa shape index (κ3) is 4.51. The van der Waals surface area contributed by atoms with Gasteiger partial charge in [-0.05, 0) is 40.5 Å². The fourth-order valence-corrected chi connectivity index (χ4v) is 1.58. The minimum Gasteiger partial charge on any atom is -0.372 e. The minimum absolute atomic E-state index is 0.0775. The van der Waals surface area contributed by atoms with Crippen molar-refractivity contribution in [3.8, 4) is 0 Å². The number of halogens is 2. The van der Waals surface area contributed by atoms with Crippen molar-refractivity contribution in [3.05, 3.63) is 27.7 Å². The van der Waals surface area contributed by atoms with Gasteiger partial charge in [-0.15, -0.1) is 0 Å². The van der Waals surface area contributed by atoms with Crippen LogP contribution in [-0.2, 0) is 9.53 Å². The van der Waals surface area contributed by atoms with Gasteiger partial charge >= 0.3 is 0 Å². The molecular weight excluding hydrogens is 293 g/mol. The first-order valence-corrected chi connectivity index (χ1v) is 6.13. The summed E-state index contributed by atoms with van der Waals surface area (Å²) in [6, 6.07) is 5.21. The summed E-state index contributed by atoms with van der Waals surface area (Å²) >= 11 is 9.12. The molecule has 0 aliphatic heterocycles. The summed E-state index contributed by atoms with van der Waals surface area (Å²) in [5.41, 5.74) is 0.696. The Morgan fingerprint density at radius 2 is 2.31 bits per heavy atom. The van der Waals surface area contributed by atoms with E-state index in [1.807, 2.05) is 6.92 Å². The molecule has 0 saturated carbocycles. The molecule has 0 atom stereocenters. The van der Waals surface area contributed by atoms with E-state index in [1.54, 1.807) is 18.2 Å². The molecule has 0 aliphatic rings. The maximum Gasteiger partial charge on any atom is 0.250 e. The molecule has 1 amide bonds. The number of rotatable bonds is 5. The molecule has 5 heteroatoms. The third-order valence-corrected chi connectivity index (χ3v) is 3.00. The Hall–Kier alpha value is -0.580. The van der Waals surface area contributed by atoms with Gasteiger partial charge in [0, 0.05) is 16.8 Å². The number of nitrogens with one attached hydrogen (secondary N) is 1. The van der Waals surface area contributed by atoms with Crippen molar-refractivity contribution in [1.82, 2.24) is 0 Å². The lowest BCUT2D eigenvalue weighted by Gasteiger charge is -2.06. The van der Waals surface area contributed by atoms with E-state index in [-0.39, 0.29) is 12.5 Å². The quantitative estimate of drug-likeness (QED) is 0.846. The van der Waals surface area contributed by atoms with Gasteiger partial charge in [-0.25, -0.2) is 0 Å². The lowest BCUT2D eigenvalue weighted by Crippen LogP contribution is -2.18. The topological polar surface area (TPSA) is 38.3 Å². The second kappa shape index (κ2) is 6.89. The fourth-order valence-electron chi connectivity index (χ4n) is 1.08. The van der Waals surface area contributed by atoms with Crippen LogP contribution in [0.1, 0.15) is 13.3 Å². The number of ether oxygens (including phenoxy) is 1. The molecule has 16 heavy (non-hydrogen) atoms. The standard InChI is InChI=1S/C11H13BrClNO2/c1-2-5-16-7-11(15)14-8-3-4-10(13)9(12)6-8/h3-4,6H,2,5,7H2,1H3,(H,14,15). The normalized spacial score (nSPS) is 10.2. The zero-order valence-corrected chi connectivity index (χ0v) is 11.3. The lowest BCUT2D eigenvalue weighted by atomic mass is 10.3. The van der Waals surface area contributed by atoms with Crippen molar-refractivity contribution >= 4 is 39.1 Å². The van der Waals surface area contributed by atoms with E-state index in [0.29, 0.717) is 17.3 Å². The van der Waals surface area contributed by atoms with Crippen LogP contribution in [0.15, 0.2) is 22.7 Å². The van der Waals surface area contributed by atoms with Crippen molar-refractivity contribution in [2.45, 2.75) is 13.3 Å². The predicted molar refractivity (Wildman–Crippen MR) is 68.9 cm³/mol. The molecular formula is C11H13BrClNO2. The molecule has 0 bridgehead atoms. The summed E-state index contributed by atoms with van der Waals surface area (Å²) in [5, 5.41) is 3.33. The van der Waals surface area contributed by atoms with Crippen LogP contribution in [0.3, 0.4) is 0 Å². The zero-order valence-electron chi connectivity index (χ0n) is 8.93. The van der Waals surface area contributed by atoms with Crippen molar-refractivity contribution < 1.29 is 9.53 Å². The van der Waals surface area contributed by atoms with E-state index in [1.165, 1.54) is 0 Å². The summed E-state index contributed by atoms with van der Waals surface area (Å²) < 4.78 is 5.87. The maximum absolute atomic E-state index is 11.4. The second-order valence-corrected chi connectivity index (χ2v) is 4.49. The number of hydrogen-bond donors (Lipinski definition) is 1. The summed E-state index contributed by atoms with van der Waals surface area (Å²) in [7, 11) is 0. The Kier molecular flexibility index (Phi) is 5.80. The van der Waals surface area contributed by atoms with Crippen LogP contribution in [0.4, 0.5) is 5.69 Å². The van der Waals surface area contributed by atoms with Crippen LogP contribution < -0.4 is 5.32 Å². The number of carbonyl (C=O) groups excluding carboxylic acids is 1. The van der Waals surface area contributed by atoms with E-state index >= 15 is 0 Å². The first-order chi connectivity index (χ1) is 7.63. The maximum atomic E-state index is 11.4. The van der Waals surface area contributed by atoms with Gasteiger partial charge in [0.2, 0.25) is 5.91 Å². The number of hydrogen-bond acceptors (Lipinski definition) is 2. The number of amides is 1. The van der Waals surface area contributed by atoms with Crippen LogP contribution >= 0.6 is 27.5 Å². The Morgan fingerprint density at radius 1 is 1.56 bits per heavy atom. The molecule has 1 N–H and O–H groups in total. The number of carbonyl (C=O) groups is 1. The van der Waals surface area contributed by atoms with Gasteiger partial charge in [0.15, 0.2) is 0 Å². The highest BCUT2D eigenvalue weighted by molar-refractivity contribution is 9.10. The highest BCUT2D eigenvalue weighted by Gasteiger charge is 2.04. The molecule has 0 unspecified atom stereocenters. The van der Waals surface area contributed by atoms with Crippen molar-refractivity contribution in [3.63, 3.8) is 0 Å². The Balaban J connectivity index is 2.46. The first kappa shape index (κ1) is 13.5. The van der Waals surface area contributed by atoms with Crippen LogP contribution in [0.25, 0.3) is 0 Å². The van der Waals surface area contributed by atoms with E-state index in [4.69, 9.17) is 16.3 Å². The average molecular weight is 307 g/mol. The van der Waals surface area contributed by atoms with Crippen LogP contribution in [0.2, 0.25) is 5.02 Å². The summed E-state index contributed by atoms with van der Waals surface area (Å²) in [4.78, 5) is 11.4. The van der Waals surface area contributed by atoms with Crippen molar-refractivity contribution in [2.24, 2.45) is 0 Å². The SMILES string of the molecule is CCCOCC(=O)Nc1ccc(Cl)c(Br)c1. The monoisotopic (exact) mass is 305 g/mol. The molecule has 1 rings (SSSR count). The summed E-state index contributed by atoms with van der Waals surface area (Å²) in [5.74, 6) is -0.164. The Labute approximate surface area is 108 Å². The molecule has 0 radical (unpaired) electrons. The smallest absolute Gasteiger partial charge is 0.250 e. The molecule has 0 spiro atoms. The molecule has 0 aromatic heterocycles. The van der Waals surface area contributed by atoms with Crippen LogP contribution in [0.5, 0.6) is 0 Å². The first-order valence-electron chi connectivity index (χ1n) is 4.96. The molecule has 0 fully saturated rings. The minimum atomic E-state index is -0.164. The van der Waals surface area contributed by atoms with E-state index < -0.39 is 0 Å². The van der Waals surface area contributed by atoms with Gasteiger partial charge < -0.3 is 10.1 Å². The lowest BCUT2D eigenvalue weighted by molar-refractivity contribution is -0.120. The van der Waals surface area contributed by atoms with Crippen molar-refractivity contribution in [1.29, 1.82) is 0 Å². The van der Waals surface area contributed by atoms with Crippen LogP contribution in [-0.4, -0.2) is 19.1 Å². The fraction of sp³-hybridized carbons (Fsp3) is 0.364. The molecule has 1 aromatic rings. The van der Waals surface area contributed by atoms with E-state index in [2.05, 4.69) is 21.2 Å². The summed E-state index contributed by atoms with van der Waals surface area (Å²) in [6.45, 7) is 2.67. The molecule has 0 saturated heterocycles. The number of anilines is 1. The molecule has 1 aromatic carbocycles. The molecule has 0 heterocycles. The van der Waals surface area contributed by atoms with Crippen molar-refractivity contribution in [2.75, 3.05) is 18.5 Å². The second-order valence-electron chi connectivity index (χ2n) is 3.23. The highest BCUT2D eigenvalue weighted by atomic mass is 79.9. The van der Waals surface area contributed by atoms with Crippen LogP contribution in [0, 0.1) is 0 Å². The van der Waals surface area contributed by atoms with Gasteiger partial charge in [0.1, 0.15) is 6.61 Å². The highest BCUT2D eigenvalue weighted by Crippen LogP contribution is 2.25. The largest absolute Gasteiger partial charge is 0.372 e. The Bertz CT molecular complexity index is 371. The molecule has 88 valence electrons. The van der Waals surface area contributed by atoms with Gasteiger partial charge in [-0.3, -0.25) is 4.79 Å². The number of benzene rings is 1. The van der Waals surface area contributed by atoms with Gasteiger partial charge in [-0.1, -0.05) is 18.5 Å². The average Bonchev–Trinajstić information content (AvgIpc) is 2.24. The van der Waals surface area contributed by atoms with E-state index in [9.17, 15) is 4.79 Å². The zero-order chi connectivity index (χ0) is 12.0. The van der Waals surface area contributed by atoms with Gasteiger partial charge in [0.25, 0.3) is 0 Å². The van der Waals surface area contributed by atoms with Gasteiger partial charge in [0.05, 0.1) is 5.02 Å². The van der Waals surface area contributed by atoms with E-state index in [0.717, 1.165) is 10.9 Å². The summed E-state index contributed by atoms with van der Waals surface area (Å²) in [6.07, 6.45) is 0.903.